The second-order valence-electron chi connectivity index (χ2n) is 7.70. The number of amides is 2. The highest BCUT2D eigenvalue weighted by molar-refractivity contribution is 7.80. The van der Waals surface area contributed by atoms with Gasteiger partial charge in [0.2, 0.25) is 0 Å². The number of rotatable bonds is 4. The lowest BCUT2D eigenvalue weighted by Gasteiger charge is -2.34. The minimum Gasteiger partial charge on any atom is -0.478 e. The third-order valence-electron chi connectivity index (χ3n) is 5.58. The number of carboxylic acids is 1. The van der Waals surface area contributed by atoms with Crippen molar-refractivity contribution >= 4 is 46.9 Å². The van der Waals surface area contributed by atoms with Crippen LogP contribution >= 0.6 is 12.2 Å². The van der Waals surface area contributed by atoms with Gasteiger partial charge in [0.15, 0.2) is 5.11 Å². The molecule has 33 heavy (non-hydrogen) atoms. The Morgan fingerprint density at radius 2 is 1.61 bits per heavy atom. The SMILES string of the molecule is Cc1cc(/C=C2/C(=O)N(C)C(=S)N(c3ccccc3)C2=O)c(C)n1-c1cccc(C(=O)O)c1. The second-order valence-corrected chi connectivity index (χ2v) is 8.06. The zero-order valence-corrected chi connectivity index (χ0v) is 19.1. The summed E-state index contributed by atoms with van der Waals surface area (Å²) >= 11 is 5.38. The van der Waals surface area contributed by atoms with Crippen LogP contribution in [0.3, 0.4) is 0 Å². The van der Waals surface area contributed by atoms with Gasteiger partial charge < -0.3 is 9.67 Å². The van der Waals surface area contributed by atoms with Crippen LogP contribution in [-0.4, -0.2) is 44.5 Å². The quantitative estimate of drug-likeness (QED) is 0.363. The lowest BCUT2D eigenvalue weighted by molar-refractivity contribution is -0.127. The maximum absolute atomic E-state index is 13.3. The van der Waals surface area contributed by atoms with Crippen LogP contribution in [0.15, 0.2) is 66.2 Å². The van der Waals surface area contributed by atoms with Crippen molar-refractivity contribution in [3.05, 3.63) is 88.8 Å². The maximum atomic E-state index is 13.3. The van der Waals surface area contributed by atoms with Crippen LogP contribution in [0.1, 0.15) is 27.3 Å². The molecule has 1 aromatic heterocycles. The molecule has 0 bridgehead atoms. The van der Waals surface area contributed by atoms with Gasteiger partial charge in [-0.1, -0.05) is 24.3 Å². The highest BCUT2D eigenvalue weighted by atomic mass is 32.1. The van der Waals surface area contributed by atoms with Crippen LogP contribution in [0.5, 0.6) is 0 Å². The van der Waals surface area contributed by atoms with Gasteiger partial charge in [-0.15, -0.1) is 0 Å². The Morgan fingerprint density at radius 3 is 2.27 bits per heavy atom. The van der Waals surface area contributed by atoms with Crippen LogP contribution in [0.2, 0.25) is 0 Å². The van der Waals surface area contributed by atoms with Gasteiger partial charge in [-0.25, -0.2) is 4.79 Å². The Morgan fingerprint density at radius 1 is 0.939 bits per heavy atom. The minimum atomic E-state index is -1.01. The molecule has 166 valence electrons. The van der Waals surface area contributed by atoms with E-state index in [1.165, 1.54) is 15.9 Å². The van der Waals surface area contributed by atoms with Crippen molar-refractivity contribution in [3.8, 4) is 5.69 Å². The van der Waals surface area contributed by atoms with Crippen molar-refractivity contribution in [2.45, 2.75) is 13.8 Å². The number of thiocarbonyl (C=S) groups is 1. The van der Waals surface area contributed by atoms with Crippen molar-refractivity contribution < 1.29 is 19.5 Å². The van der Waals surface area contributed by atoms with Crippen molar-refractivity contribution in [1.29, 1.82) is 0 Å². The van der Waals surface area contributed by atoms with Crippen LogP contribution in [0, 0.1) is 13.8 Å². The zero-order valence-electron chi connectivity index (χ0n) is 18.3. The molecule has 4 rings (SSSR count). The minimum absolute atomic E-state index is 0.00510. The van der Waals surface area contributed by atoms with Crippen molar-refractivity contribution in [3.63, 3.8) is 0 Å². The number of aromatic nitrogens is 1. The van der Waals surface area contributed by atoms with Crippen molar-refractivity contribution in [2.75, 3.05) is 11.9 Å². The molecule has 0 spiro atoms. The third-order valence-corrected chi connectivity index (χ3v) is 6.04. The number of nitrogens with zero attached hydrogens (tertiary/aromatic N) is 3. The summed E-state index contributed by atoms with van der Waals surface area (Å²) in [5.74, 6) is -1.98. The number of para-hydroxylation sites is 1. The van der Waals surface area contributed by atoms with Gasteiger partial charge in [0.05, 0.1) is 11.3 Å². The number of likely N-dealkylation sites (N-methyl/N-ethyl adjacent to an activating group) is 1. The van der Waals surface area contributed by atoms with Gasteiger partial charge in [-0.2, -0.15) is 0 Å². The number of aryl methyl sites for hydroxylation is 1. The van der Waals surface area contributed by atoms with Gasteiger partial charge in [0.25, 0.3) is 11.8 Å². The number of carboxylic acid groups (broad SMARTS) is 1. The molecule has 1 aliphatic rings. The number of anilines is 1. The molecule has 1 fully saturated rings. The lowest BCUT2D eigenvalue weighted by Crippen LogP contribution is -2.54. The molecule has 0 radical (unpaired) electrons. The topological polar surface area (TPSA) is 82.9 Å². The summed E-state index contributed by atoms with van der Waals surface area (Å²) in [5.41, 5.74) is 3.71. The summed E-state index contributed by atoms with van der Waals surface area (Å²) < 4.78 is 1.89. The maximum Gasteiger partial charge on any atom is 0.335 e. The molecule has 3 aromatic rings. The fourth-order valence-electron chi connectivity index (χ4n) is 3.91. The van der Waals surface area contributed by atoms with E-state index in [1.54, 1.807) is 49.5 Å². The van der Waals surface area contributed by atoms with Gasteiger partial charge in [0.1, 0.15) is 5.57 Å². The number of aromatic carboxylic acids is 1. The Kier molecular flexibility index (Phi) is 5.69. The number of hydrogen-bond acceptors (Lipinski definition) is 4. The van der Waals surface area contributed by atoms with E-state index in [0.29, 0.717) is 16.9 Å². The van der Waals surface area contributed by atoms with Crippen molar-refractivity contribution in [2.24, 2.45) is 0 Å². The molecule has 1 aliphatic heterocycles. The fourth-order valence-corrected chi connectivity index (χ4v) is 4.18. The molecular weight excluding hydrogens is 438 g/mol. The van der Waals surface area contributed by atoms with E-state index in [2.05, 4.69) is 0 Å². The van der Waals surface area contributed by atoms with Gasteiger partial charge in [-0.3, -0.25) is 19.4 Å². The monoisotopic (exact) mass is 459 g/mol. The summed E-state index contributed by atoms with van der Waals surface area (Å²) in [5, 5.41) is 9.44. The third kappa shape index (κ3) is 3.85. The Bertz CT molecular complexity index is 1340. The first kappa shape index (κ1) is 22.2. The normalized spacial score (nSPS) is 15.5. The summed E-state index contributed by atoms with van der Waals surface area (Å²) in [7, 11) is 1.54. The van der Waals surface area contributed by atoms with Gasteiger partial charge >= 0.3 is 5.97 Å². The predicted octanol–water partition coefficient (Wildman–Crippen LogP) is 3.97. The van der Waals surface area contributed by atoms with E-state index in [0.717, 1.165) is 11.4 Å². The second kappa shape index (κ2) is 8.48. The van der Waals surface area contributed by atoms with E-state index in [9.17, 15) is 19.5 Å². The zero-order chi connectivity index (χ0) is 23.9. The smallest absolute Gasteiger partial charge is 0.335 e. The first-order valence-electron chi connectivity index (χ1n) is 10.2. The Labute approximate surface area is 196 Å². The fraction of sp³-hybridized carbons (Fsp3) is 0.120. The lowest BCUT2D eigenvalue weighted by atomic mass is 10.1. The number of carbonyl (C=O) groups excluding carboxylic acids is 2. The number of carbonyl (C=O) groups is 3. The highest BCUT2D eigenvalue weighted by Gasteiger charge is 2.38. The molecule has 0 unspecified atom stereocenters. The molecule has 1 saturated heterocycles. The first-order chi connectivity index (χ1) is 15.7. The Balaban J connectivity index is 1.80. The summed E-state index contributed by atoms with van der Waals surface area (Å²) in [4.78, 5) is 40.3. The molecule has 0 aliphatic carbocycles. The van der Waals surface area contributed by atoms with Crippen LogP contribution in [0.25, 0.3) is 11.8 Å². The average molecular weight is 460 g/mol. The standard InChI is InChI=1S/C25H21N3O4S/c1-15-12-18(16(2)27(15)20-11-7-8-17(13-20)24(31)32)14-21-22(29)26(3)25(33)28(23(21)30)19-9-5-4-6-10-19/h4-14H,1-3H3,(H,31,32)/b21-14-. The van der Waals surface area contributed by atoms with Gasteiger partial charge in [0, 0.05) is 24.1 Å². The predicted molar refractivity (Wildman–Crippen MR) is 129 cm³/mol. The van der Waals surface area contributed by atoms with E-state index >= 15 is 0 Å². The van der Waals surface area contributed by atoms with Crippen LogP contribution in [0.4, 0.5) is 5.69 Å². The van der Waals surface area contributed by atoms with E-state index in [4.69, 9.17) is 12.2 Å². The molecule has 2 aromatic carbocycles. The number of hydrogen-bond donors (Lipinski definition) is 1. The molecule has 7 nitrogen and oxygen atoms in total. The molecule has 8 heteroatoms. The Hall–Kier alpha value is -4.04. The van der Waals surface area contributed by atoms with Crippen molar-refractivity contribution in [1.82, 2.24) is 9.47 Å². The highest BCUT2D eigenvalue weighted by Crippen LogP contribution is 2.28. The summed E-state index contributed by atoms with van der Waals surface area (Å²) in [6, 6.07) is 17.4. The molecule has 0 saturated carbocycles. The molecule has 1 N–H and O–H groups in total. The van der Waals surface area contributed by atoms with E-state index in [-0.39, 0.29) is 16.2 Å². The van der Waals surface area contributed by atoms with Gasteiger partial charge in [-0.05, 0) is 74.1 Å². The van der Waals surface area contributed by atoms with E-state index < -0.39 is 17.8 Å². The number of benzene rings is 2. The van der Waals surface area contributed by atoms with Crippen LogP contribution in [-0.2, 0) is 9.59 Å². The average Bonchev–Trinajstić information content (AvgIpc) is 3.09. The molecule has 0 atom stereocenters. The summed E-state index contributed by atoms with van der Waals surface area (Å²) in [6.45, 7) is 3.73. The summed E-state index contributed by atoms with van der Waals surface area (Å²) in [6.07, 6.45) is 1.57. The molecule has 2 amide bonds. The molecule has 2 heterocycles. The largest absolute Gasteiger partial charge is 0.478 e. The van der Waals surface area contributed by atoms with E-state index in [1.807, 2.05) is 36.6 Å². The van der Waals surface area contributed by atoms with Crippen LogP contribution < -0.4 is 4.90 Å². The molecular formula is C25H21N3O4S. The first-order valence-corrected chi connectivity index (χ1v) is 10.6.